The Balaban J connectivity index is 2.26. The molecule has 0 radical (unpaired) electrons. The zero-order valence-corrected chi connectivity index (χ0v) is 14.8. The van der Waals surface area contributed by atoms with Crippen molar-refractivity contribution in [2.75, 3.05) is 13.2 Å². The molecule has 138 valence electrons. The summed E-state index contributed by atoms with van der Waals surface area (Å²) < 4.78 is 36.4. The minimum absolute atomic E-state index is 0.00517. The molecule has 0 spiro atoms. The molecule has 0 amide bonds. The van der Waals surface area contributed by atoms with E-state index in [1.54, 1.807) is 39.0 Å². The van der Waals surface area contributed by atoms with Gasteiger partial charge in [0.1, 0.15) is 6.10 Å². The number of carbonyl (C=O) groups excluding carboxylic acids is 2. The number of benzene rings is 1. The van der Waals surface area contributed by atoms with Gasteiger partial charge in [-0.25, -0.2) is 14.0 Å². The molecule has 0 aliphatic carbocycles. The third-order valence-electron chi connectivity index (χ3n) is 3.82. The highest BCUT2D eigenvalue weighted by atomic mass is 19.1. The van der Waals surface area contributed by atoms with Gasteiger partial charge in [-0.15, -0.1) is 0 Å². The molecule has 0 saturated carbocycles. The highest BCUT2D eigenvalue weighted by Crippen LogP contribution is 2.33. The average molecular weight is 354 g/mol. The van der Waals surface area contributed by atoms with Crippen LogP contribution >= 0.6 is 0 Å². The van der Waals surface area contributed by atoms with Crippen LogP contribution < -0.4 is 0 Å². The molecule has 7 heteroatoms. The normalized spacial score (nSPS) is 22.7. The molecule has 1 saturated heterocycles. The summed E-state index contributed by atoms with van der Waals surface area (Å²) in [5.41, 5.74) is -2.35. The van der Waals surface area contributed by atoms with E-state index in [1.807, 2.05) is 0 Å². The van der Waals surface area contributed by atoms with Crippen LogP contribution in [-0.2, 0) is 23.7 Å². The molecule has 3 atom stereocenters. The van der Waals surface area contributed by atoms with E-state index in [0.717, 1.165) is 6.92 Å². The van der Waals surface area contributed by atoms with Crippen LogP contribution in [0.4, 0.5) is 4.39 Å². The molecule has 0 aromatic heterocycles. The lowest BCUT2D eigenvalue weighted by atomic mass is 9.96. The molecule has 0 N–H and O–H groups in total. The van der Waals surface area contributed by atoms with Crippen LogP contribution in [0.25, 0.3) is 0 Å². The van der Waals surface area contributed by atoms with Gasteiger partial charge < -0.3 is 18.9 Å². The minimum atomic E-state index is -2.59. The summed E-state index contributed by atoms with van der Waals surface area (Å²) in [6, 6.07) is 8.13. The lowest BCUT2D eigenvalue weighted by molar-refractivity contribution is -0.183. The van der Waals surface area contributed by atoms with Crippen molar-refractivity contribution in [1.82, 2.24) is 0 Å². The van der Waals surface area contributed by atoms with Crippen molar-refractivity contribution < 1.29 is 32.9 Å². The Morgan fingerprint density at radius 3 is 2.52 bits per heavy atom. The van der Waals surface area contributed by atoms with E-state index in [4.69, 9.17) is 18.9 Å². The lowest BCUT2D eigenvalue weighted by Crippen LogP contribution is -2.53. The molecular formula is C18H23FO6. The van der Waals surface area contributed by atoms with Crippen LogP contribution in [0.2, 0.25) is 0 Å². The second-order valence-corrected chi connectivity index (χ2v) is 6.36. The summed E-state index contributed by atoms with van der Waals surface area (Å²) in [7, 11) is 0. The quantitative estimate of drug-likeness (QED) is 0.732. The first-order valence-electron chi connectivity index (χ1n) is 8.11. The van der Waals surface area contributed by atoms with Gasteiger partial charge in [-0.2, -0.15) is 0 Å². The molecule has 0 unspecified atom stereocenters. The van der Waals surface area contributed by atoms with Gasteiger partial charge in [0.25, 0.3) is 0 Å². The number of ether oxygens (including phenoxy) is 4. The first-order chi connectivity index (χ1) is 11.7. The van der Waals surface area contributed by atoms with Gasteiger partial charge in [-0.05, 0) is 39.8 Å². The third-order valence-corrected chi connectivity index (χ3v) is 3.82. The summed E-state index contributed by atoms with van der Waals surface area (Å²) >= 11 is 0. The molecule has 2 rings (SSSR count). The SMILES string of the molecule is CCOC(=O)[C@](C)(F)[C@H](OC(=O)c1ccccc1)[C@H]1COC(C)(C)O1. The molecular weight excluding hydrogens is 331 g/mol. The lowest BCUT2D eigenvalue weighted by Gasteiger charge is -2.32. The van der Waals surface area contributed by atoms with Gasteiger partial charge in [0.05, 0.1) is 18.8 Å². The smallest absolute Gasteiger partial charge is 0.347 e. The second kappa shape index (κ2) is 7.49. The second-order valence-electron chi connectivity index (χ2n) is 6.36. The van der Waals surface area contributed by atoms with Gasteiger partial charge in [0.15, 0.2) is 11.9 Å². The zero-order chi connectivity index (χ0) is 18.7. The van der Waals surface area contributed by atoms with Crippen LogP contribution in [0.5, 0.6) is 0 Å². The third kappa shape index (κ3) is 4.55. The first kappa shape index (κ1) is 19.3. The number of alkyl halides is 1. The number of hydrogen-bond donors (Lipinski definition) is 0. The molecule has 1 aliphatic rings. The van der Waals surface area contributed by atoms with Crippen molar-refractivity contribution >= 4 is 11.9 Å². The average Bonchev–Trinajstić information content (AvgIpc) is 2.92. The number of esters is 2. The van der Waals surface area contributed by atoms with Gasteiger partial charge >= 0.3 is 11.9 Å². The van der Waals surface area contributed by atoms with Crippen LogP contribution in [0, 0.1) is 0 Å². The Kier molecular flexibility index (Phi) is 5.80. The van der Waals surface area contributed by atoms with E-state index in [0.29, 0.717) is 0 Å². The predicted molar refractivity (Wildman–Crippen MR) is 86.7 cm³/mol. The molecule has 1 heterocycles. The zero-order valence-electron chi connectivity index (χ0n) is 14.8. The number of carbonyl (C=O) groups is 2. The van der Waals surface area contributed by atoms with E-state index in [-0.39, 0.29) is 18.8 Å². The molecule has 1 aromatic rings. The fourth-order valence-corrected chi connectivity index (χ4v) is 2.55. The number of hydrogen-bond acceptors (Lipinski definition) is 6. The maximum atomic E-state index is 15.2. The van der Waals surface area contributed by atoms with Crippen molar-refractivity contribution in [3.8, 4) is 0 Å². The molecule has 25 heavy (non-hydrogen) atoms. The topological polar surface area (TPSA) is 71.1 Å². The molecule has 6 nitrogen and oxygen atoms in total. The largest absolute Gasteiger partial charge is 0.464 e. The summed E-state index contributed by atoms with van der Waals surface area (Å²) in [6.07, 6.45) is -2.46. The summed E-state index contributed by atoms with van der Waals surface area (Å²) in [5.74, 6) is -2.84. The van der Waals surface area contributed by atoms with Crippen LogP contribution in [-0.4, -0.2) is 48.8 Å². The maximum absolute atomic E-state index is 15.2. The van der Waals surface area contributed by atoms with E-state index >= 15 is 4.39 Å². The van der Waals surface area contributed by atoms with Crippen molar-refractivity contribution in [1.29, 1.82) is 0 Å². The van der Waals surface area contributed by atoms with Gasteiger partial charge in [0, 0.05) is 0 Å². The Labute approximate surface area is 146 Å². The van der Waals surface area contributed by atoms with Crippen LogP contribution in [0.15, 0.2) is 30.3 Å². The Morgan fingerprint density at radius 1 is 1.36 bits per heavy atom. The Morgan fingerprint density at radius 2 is 2.00 bits per heavy atom. The number of halogens is 1. The standard InChI is InChI=1S/C18H23FO6/c1-5-22-16(21)18(4,19)14(13-11-23-17(2,3)25-13)24-15(20)12-9-7-6-8-10-12/h6-10,13-14H,5,11H2,1-4H3/t13-,14-,18-/m1/s1. The number of rotatable bonds is 6. The molecule has 1 fully saturated rings. The fourth-order valence-electron chi connectivity index (χ4n) is 2.55. The maximum Gasteiger partial charge on any atom is 0.347 e. The van der Waals surface area contributed by atoms with Crippen LogP contribution in [0.3, 0.4) is 0 Å². The van der Waals surface area contributed by atoms with Gasteiger partial charge in [-0.1, -0.05) is 18.2 Å². The Bertz CT molecular complexity index is 613. The predicted octanol–water partition coefficient (Wildman–Crippen LogP) is 2.65. The summed E-state index contributed by atoms with van der Waals surface area (Å²) in [4.78, 5) is 24.4. The van der Waals surface area contributed by atoms with Gasteiger partial charge in [0.2, 0.25) is 5.67 Å². The highest BCUT2D eigenvalue weighted by molar-refractivity contribution is 5.90. The van der Waals surface area contributed by atoms with Crippen molar-refractivity contribution in [3.63, 3.8) is 0 Å². The molecule has 1 aliphatic heterocycles. The van der Waals surface area contributed by atoms with E-state index < -0.39 is 35.6 Å². The van der Waals surface area contributed by atoms with E-state index in [1.165, 1.54) is 12.1 Å². The van der Waals surface area contributed by atoms with Crippen molar-refractivity contribution in [2.24, 2.45) is 0 Å². The van der Waals surface area contributed by atoms with Crippen molar-refractivity contribution in [3.05, 3.63) is 35.9 Å². The highest BCUT2D eigenvalue weighted by Gasteiger charge is 2.54. The first-order valence-corrected chi connectivity index (χ1v) is 8.11. The molecule has 1 aromatic carbocycles. The monoisotopic (exact) mass is 354 g/mol. The van der Waals surface area contributed by atoms with Crippen LogP contribution in [0.1, 0.15) is 38.1 Å². The van der Waals surface area contributed by atoms with E-state index in [2.05, 4.69) is 0 Å². The minimum Gasteiger partial charge on any atom is -0.464 e. The van der Waals surface area contributed by atoms with Crippen molar-refractivity contribution in [2.45, 2.75) is 51.4 Å². The fraction of sp³-hybridized carbons (Fsp3) is 0.556. The van der Waals surface area contributed by atoms with Gasteiger partial charge in [-0.3, -0.25) is 0 Å². The Hall–Kier alpha value is -1.99. The summed E-state index contributed by atoms with van der Waals surface area (Å²) in [6.45, 7) is 5.88. The van der Waals surface area contributed by atoms with E-state index in [9.17, 15) is 9.59 Å². The molecule has 0 bridgehead atoms. The summed E-state index contributed by atoms with van der Waals surface area (Å²) in [5, 5.41) is 0.